The third kappa shape index (κ3) is 12.0. The zero-order valence-corrected chi connectivity index (χ0v) is 19.3. The first kappa shape index (κ1) is 25.3. The van der Waals surface area contributed by atoms with Crippen LogP contribution >= 0.6 is 0 Å². The average Bonchev–Trinajstić information content (AvgIpc) is 2.80. The van der Waals surface area contributed by atoms with Gasteiger partial charge in [0, 0.05) is 17.5 Å². The van der Waals surface area contributed by atoms with Crippen molar-refractivity contribution in [3.63, 3.8) is 0 Å². The number of rotatable bonds is 16. The lowest BCUT2D eigenvalue weighted by atomic mass is 10.1. The van der Waals surface area contributed by atoms with Gasteiger partial charge in [-0.25, -0.2) is 0 Å². The van der Waals surface area contributed by atoms with E-state index < -0.39 is 0 Å². The molecule has 3 heteroatoms. The highest BCUT2D eigenvalue weighted by molar-refractivity contribution is 5.78. The summed E-state index contributed by atoms with van der Waals surface area (Å²) in [5.41, 5.74) is 7.41. The molecule has 0 bridgehead atoms. The molecule has 0 unspecified atom stereocenters. The van der Waals surface area contributed by atoms with Crippen molar-refractivity contribution in [1.29, 1.82) is 0 Å². The molecule has 0 spiro atoms. The highest BCUT2D eigenvalue weighted by Crippen LogP contribution is 2.14. The van der Waals surface area contributed by atoms with Crippen LogP contribution in [0.25, 0.3) is 10.9 Å². The minimum atomic E-state index is -0.217. The summed E-state index contributed by atoms with van der Waals surface area (Å²) in [7, 11) is 0. The van der Waals surface area contributed by atoms with Crippen molar-refractivity contribution < 1.29 is 4.79 Å². The van der Waals surface area contributed by atoms with Gasteiger partial charge >= 0.3 is 0 Å². The second kappa shape index (κ2) is 16.7. The van der Waals surface area contributed by atoms with E-state index in [2.05, 4.69) is 85.0 Å². The Morgan fingerprint density at radius 2 is 1.34 bits per heavy atom. The van der Waals surface area contributed by atoms with Gasteiger partial charge in [-0.15, -0.1) is 0 Å². The third-order valence-corrected chi connectivity index (χ3v) is 5.24. The number of pyridine rings is 1. The first-order chi connectivity index (χ1) is 15.8. The number of carbonyl (C=O) groups is 1. The molecule has 0 aliphatic heterocycles. The topological polar surface area (TPSA) is 56.0 Å². The highest BCUT2D eigenvalue weighted by atomic mass is 16.1. The SMILES string of the molecule is NC(=O)CCC/C=C\C/C=C\C/C=C\C/C=C\CCCCCc1ccc2ccccc2n1. The molecule has 1 amide bonds. The number of aromatic nitrogens is 1. The number of benzene rings is 1. The van der Waals surface area contributed by atoms with E-state index in [1.54, 1.807) is 0 Å². The quantitative estimate of drug-likeness (QED) is 0.223. The monoisotopic (exact) mass is 430 g/mol. The van der Waals surface area contributed by atoms with Gasteiger partial charge in [0.1, 0.15) is 0 Å². The lowest BCUT2D eigenvalue weighted by molar-refractivity contribution is -0.118. The highest BCUT2D eigenvalue weighted by Gasteiger charge is 1.98. The van der Waals surface area contributed by atoms with E-state index in [1.807, 2.05) is 0 Å². The van der Waals surface area contributed by atoms with E-state index in [4.69, 9.17) is 10.7 Å². The van der Waals surface area contributed by atoms with Crippen molar-refractivity contribution >= 4 is 16.8 Å². The Balaban J connectivity index is 1.42. The van der Waals surface area contributed by atoms with Gasteiger partial charge in [0.2, 0.25) is 5.91 Å². The lowest BCUT2D eigenvalue weighted by Gasteiger charge is -2.03. The fourth-order valence-electron chi connectivity index (χ4n) is 3.44. The zero-order valence-electron chi connectivity index (χ0n) is 19.3. The number of carbonyl (C=O) groups excluding carboxylic acids is 1. The second-order valence-electron chi connectivity index (χ2n) is 8.05. The van der Waals surface area contributed by atoms with Crippen LogP contribution in [0.15, 0.2) is 85.0 Å². The van der Waals surface area contributed by atoms with Crippen molar-refractivity contribution in [3.8, 4) is 0 Å². The van der Waals surface area contributed by atoms with E-state index in [9.17, 15) is 4.79 Å². The maximum absolute atomic E-state index is 10.6. The normalized spacial score (nSPS) is 12.2. The standard InChI is InChI=1S/C29H38N2O/c30-29(32)23-17-15-13-11-9-7-5-3-1-2-4-6-8-10-12-14-16-21-27-25-24-26-20-18-19-22-28(26)31-27/h1-2,5-8,11,13,18-20,22,24-25H,3-4,9-10,12,14-17,21,23H2,(H2,30,32)/b2-1-,7-5-,8-6-,13-11-. The number of allylic oxidation sites excluding steroid dienone is 8. The number of hydrogen-bond acceptors (Lipinski definition) is 2. The molecular formula is C29H38N2O. The molecule has 170 valence electrons. The van der Waals surface area contributed by atoms with Crippen LogP contribution in [0.5, 0.6) is 0 Å². The van der Waals surface area contributed by atoms with E-state index >= 15 is 0 Å². The Kier molecular flexibility index (Phi) is 13.2. The molecule has 0 aliphatic rings. The smallest absolute Gasteiger partial charge is 0.217 e. The summed E-state index contributed by atoms with van der Waals surface area (Å²) in [6.45, 7) is 0. The summed E-state index contributed by atoms with van der Waals surface area (Å²) >= 11 is 0. The second-order valence-corrected chi connectivity index (χ2v) is 8.05. The van der Waals surface area contributed by atoms with Crippen LogP contribution in [0.2, 0.25) is 0 Å². The molecule has 0 radical (unpaired) electrons. The molecule has 1 heterocycles. The molecule has 2 N–H and O–H groups in total. The van der Waals surface area contributed by atoms with Crippen LogP contribution in [0.4, 0.5) is 0 Å². The number of primary amides is 1. The summed E-state index contributed by atoms with van der Waals surface area (Å²) < 4.78 is 0. The van der Waals surface area contributed by atoms with E-state index in [0.717, 1.165) is 50.5 Å². The summed E-state index contributed by atoms with van der Waals surface area (Å²) in [6.07, 6.45) is 28.7. The van der Waals surface area contributed by atoms with Crippen molar-refractivity contribution in [2.45, 2.75) is 70.6 Å². The van der Waals surface area contributed by atoms with Crippen molar-refractivity contribution in [1.82, 2.24) is 4.98 Å². The van der Waals surface area contributed by atoms with Crippen LogP contribution in [-0.2, 0) is 11.2 Å². The number of nitrogens with zero attached hydrogens (tertiary/aromatic N) is 1. The molecule has 0 atom stereocenters. The Labute approximate surface area is 193 Å². The predicted octanol–water partition coefficient (Wildman–Crippen LogP) is 7.39. The number of nitrogens with two attached hydrogens (primary N) is 1. The maximum atomic E-state index is 10.6. The largest absolute Gasteiger partial charge is 0.370 e. The summed E-state index contributed by atoms with van der Waals surface area (Å²) in [6, 6.07) is 12.7. The Hall–Kier alpha value is -2.94. The van der Waals surface area contributed by atoms with E-state index in [-0.39, 0.29) is 5.91 Å². The summed E-state index contributed by atoms with van der Waals surface area (Å²) in [5, 5.41) is 1.22. The molecule has 2 rings (SSSR count). The molecule has 2 aromatic rings. The van der Waals surface area contributed by atoms with Crippen LogP contribution in [0, 0.1) is 0 Å². The van der Waals surface area contributed by atoms with Crippen LogP contribution in [0.1, 0.15) is 69.9 Å². The number of fused-ring (bicyclic) bond motifs is 1. The molecule has 1 aromatic carbocycles. The Morgan fingerprint density at radius 1 is 0.719 bits per heavy atom. The first-order valence-electron chi connectivity index (χ1n) is 12.0. The minimum absolute atomic E-state index is 0.217. The minimum Gasteiger partial charge on any atom is -0.370 e. The predicted molar refractivity (Wildman–Crippen MR) is 137 cm³/mol. The van der Waals surface area contributed by atoms with Crippen LogP contribution in [0.3, 0.4) is 0 Å². The molecule has 0 fully saturated rings. The summed E-state index contributed by atoms with van der Waals surface area (Å²) in [5.74, 6) is -0.217. The van der Waals surface area contributed by atoms with Gasteiger partial charge in [0.25, 0.3) is 0 Å². The molecule has 32 heavy (non-hydrogen) atoms. The number of para-hydroxylation sites is 1. The molecule has 0 saturated heterocycles. The van der Waals surface area contributed by atoms with Gasteiger partial charge in [-0.1, -0.05) is 79.3 Å². The van der Waals surface area contributed by atoms with Gasteiger partial charge in [-0.05, 0) is 69.9 Å². The molecule has 3 nitrogen and oxygen atoms in total. The van der Waals surface area contributed by atoms with Gasteiger partial charge < -0.3 is 5.73 Å². The van der Waals surface area contributed by atoms with Crippen LogP contribution in [-0.4, -0.2) is 10.9 Å². The molecule has 1 aromatic heterocycles. The van der Waals surface area contributed by atoms with Crippen molar-refractivity contribution in [3.05, 3.63) is 90.7 Å². The van der Waals surface area contributed by atoms with Gasteiger partial charge in [0.05, 0.1) is 5.52 Å². The van der Waals surface area contributed by atoms with Crippen molar-refractivity contribution in [2.24, 2.45) is 5.73 Å². The fourth-order valence-corrected chi connectivity index (χ4v) is 3.44. The van der Waals surface area contributed by atoms with Gasteiger partial charge in [-0.2, -0.15) is 0 Å². The molecule has 0 saturated carbocycles. The number of unbranched alkanes of at least 4 members (excludes halogenated alkanes) is 4. The first-order valence-corrected chi connectivity index (χ1v) is 12.0. The van der Waals surface area contributed by atoms with E-state index in [0.29, 0.717) is 6.42 Å². The number of hydrogen-bond donors (Lipinski definition) is 1. The lowest BCUT2D eigenvalue weighted by Crippen LogP contribution is -2.09. The van der Waals surface area contributed by atoms with Gasteiger partial charge in [-0.3, -0.25) is 9.78 Å². The molecule has 0 aliphatic carbocycles. The number of amides is 1. The Bertz CT molecular complexity index is 908. The fraction of sp³-hybridized carbons (Fsp3) is 0.379. The Morgan fingerprint density at radius 3 is 2.03 bits per heavy atom. The maximum Gasteiger partial charge on any atom is 0.217 e. The number of aryl methyl sites for hydroxylation is 1. The molecular weight excluding hydrogens is 392 g/mol. The summed E-state index contributed by atoms with van der Waals surface area (Å²) in [4.78, 5) is 15.4. The zero-order chi connectivity index (χ0) is 22.7. The average molecular weight is 431 g/mol. The van der Waals surface area contributed by atoms with Crippen molar-refractivity contribution in [2.75, 3.05) is 0 Å². The van der Waals surface area contributed by atoms with E-state index in [1.165, 1.54) is 30.3 Å². The van der Waals surface area contributed by atoms with Crippen LogP contribution < -0.4 is 5.73 Å². The third-order valence-electron chi connectivity index (χ3n) is 5.24. The van der Waals surface area contributed by atoms with Gasteiger partial charge in [0.15, 0.2) is 0 Å².